The molecule has 5 nitrogen and oxygen atoms in total. The summed E-state index contributed by atoms with van der Waals surface area (Å²) in [6.07, 6.45) is 9.18. The second-order valence-corrected chi connectivity index (χ2v) is 5.77. The van der Waals surface area contributed by atoms with E-state index < -0.39 is 0 Å². The van der Waals surface area contributed by atoms with Gasteiger partial charge in [0.25, 0.3) is 0 Å². The quantitative estimate of drug-likeness (QED) is 0.762. The summed E-state index contributed by atoms with van der Waals surface area (Å²) in [5.74, 6) is 1.44. The minimum Gasteiger partial charge on any atom is -0.493 e. The fraction of sp³-hybridized carbons (Fsp3) is 0.350. The minimum absolute atomic E-state index is 0.0205. The van der Waals surface area contributed by atoms with Crippen LogP contribution in [0.3, 0.4) is 0 Å². The molecule has 0 radical (unpaired) electrons. The van der Waals surface area contributed by atoms with Crippen LogP contribution in [0.15, 0.2) is 48.8 Å². The molecule has 0 N–H and O–H groups in total. The number of rotatable bonds is 7. The largest absolute Gasteiger partial charge is 0.493 e. The van der Waals surface area contributed by atoms with Crippen molar-refractivity contribution in [2.24, 2.45) is 0 Å². The van der Waals surface area contributed by atoms with Crippen LogP contribution < -0.4 is 9.47 Å². The van der Waals surface area contributed by atoms with Gasteiger partial charge < -0.3 is 18.9 Å². The summed E-state index contributed by atoms with van der Waals surface area (Å²) in [7, 11) is 3.27. The molecule has 25 heavy (non-hydrogen) atoms. The highest BCUT2D eigenvalue weighted by molar-refractivity contribution is 5.47. The fourth-order valence-electron chi connectivity index (χ4n) is 2.85. The van der Waals surface area contributed by atoms with Gasteiger partial charge in [-0.05, 0) is 35.7 Å². The maximum Gasteiger partial charge on any atom is 0.161 e. The molecular formula is C20H23NO4. The van der Waals surface area contributed by atoms with Crippen LogP contribution in [0, 0.1) is 0 Å². The average Bonchev–Trinajstić information content (AvgIpc) is 3.14. The van der Waals surface area contributed by atoms with Crippen LogP contribution in [-0.2, 0) is 9.47 Å². The Hall–Kier alpha value is -2.37. The van der Waals surface area contributed by atoms with Crippen molar-refractivity contribution in [3.63, 3.8) is 0 Å². The lowest BCUT2D eigenvalue weighted by atomic mass is 10.1. The normalized spacial score (nSPS) is 20.1. The highest BCUT2D eigenvalue weighted by Crippen LogP contribution is 2.37. The molecule has 0 saturated carbocycles. The Morgan fingerprint density at radius 2 is 2.04 bits per heavy atom. The molecule has 5 heteroatoms. The monoisotopic (exact) mass is 341 g/mol. The third kappa shape index (κ3) is 4.59. The molecule has 1 fully saturated rings. The van der Waals surface area contributed by atoms with Crippen molar-refractivity contribution >= 4 is 6.08 Å². The first-order valence-corrected chi connectivity index (χ1v) is 8.35. The second kappa shape index (κ2) is 8.65. The summed E-state index contributed by atoms with van der Waals surface area (Å²) in [6.45, 7) is 0.512. The van der Waals surface area contributed by atoms with Crippen molar-refractivity contribution in [1.29, 1.82) is 0 Å². The standard InChI is InChI=1S/C20H23NO4/c1-22-18-8-7-16(13-19(18)23-2)17-9-10-20(25-17)24-12-4-6-15-5-3-11-21-14-15/h3-8,11,13-14,17,20H,9-10,12H2,1-2H3/b6-4+. The van der Waals surface area contributed by atoms with Crippen LogP contribution in [0.1, 0.15) is 30.1 Å². The summed E-state index contributed by atoms with van der Waals surface area (Å²) in [5.41, 5.74) is 2.14. The van der Waals surface area contributed by atoms with Gasteiger partial charge >= 0.3 is 0 Å². The maximum atomic E-state index is 6.01. The summed E-state index contributed by atoms with van der Waals surface area (Å²) in [4.78, 5) is 4.07. The molecule has 0 aliphatic carbocycles. The van der Waals surface area contributed by atoms with E-state index >= 15 is 0 Å². The van der Waals surface area contributed by atoms with Crippen molar-refractivity contribution in [2.75, 3.05) is 20.8 Å². The molecule has 0 spiro atoms. The van der Waals surface area contributed by atoms with Crippen LogP contribution in [0.25, 0.3) is 6.08 Å². The summed E-state index contributed by atoms with van der Waals surface area (Å²) in [6, 6.07) is 9.80. The molecule has 0 amide bonds. The van der Waals surface area contributed by atoms with E-state index in [1.807, 2.05) is 48.7 Å². The van der Waals surface area contributed by atoms with Crippen molar-refractivity contribution in [2.45, 2.75) is 25.2 Å². The van der Waals surface area contributed by atoms with Gasteiger partial charge in [-0.3, -0.25) is 4.98 Å². The predicted octanol–water partition coefficient (Wildman–Crippen LogP) is 4.01. The lowest BCUT2D eigenvalue weighted by Crippen LogP contribution is -2.11. The molecule has 1 aliphatic heterocycles. The number of aromatic nitrogens is 1. The number of benzene rings is 1. The molecular weight excluding hydrogens is 318 g/mol. The average molecular weight is 341 g/mol. The highest BCUT2D eigenvalue weighted by atomic mass is 16.7. The third-order valence-corrected chi connectivity index (χ3v) is 4.13. The van der Waals surface area contributed by atoms with Gasteiger partial charge in [0, 0.05) is 18.8 Å². The first-order chi connectivity index (χ1) is 12.3. The number of methoxy groups -OCH3 is 2. The summed E-state index contributed by atoms with van der Waals surface area (Å²) in [5, 5.41) is 0. The first kappa shape index (κ1) is 17.5. The number of nitrogens with zero attached hydrogens (tertiary/aromatic N) is 1. The fourth-order valence-corrected chi connectivity index (χ4v) is 2.85. The SMILES string of the molecule is COc1ccc(C2CCC(OC/C=C/c3cccnc3)O2)cc1OC. The Kier molecular flexibility index (Phi) is 6.04. The molecule has 0 bridgehead atoms. The van der Waals surface area contributed by atoms with E-state index in [0.29, 0.717) is 12.4 Å². The van der Waals surface area contributed by atoms with Crippen LogP contribution >= 0.6 is 0 Å². The van der Waals surface area contributed by atoms with Crippen molar-refractivity contribution in [1.82, 2.24) is 4.98 Å². The molecule has 2 unspecified atom stereocenters. The Morgan fingerprint density at radius 3 is 2.80 bits per heavy atom. The van der Waals surface area contributed by atoms with Gasteiger partial charge in [0.05, 0.1) is 26.9 Å². The van der Waals surface area contributed by atoms with Gasteiger partial charge in [0.2, 0.25) is 0 Å². The van der Waals surface area contributed by atoms with Gasteiger partial charge in [-0.25, -0.2) is 0 Å². The molecule has 1 aliphatic rings. The molecule has 2 heterocycles. The van der Waals surface area contributed by atoms with Gasteiger partial charge in [-0.1, -0.05) is 24.3 Å². The Morgan fingerprint density at radius 1 is 1.16 bits per heavy atom. The molecule has 1 aromatic heterocycles. The van der Waals surface area contributed by atoms with Gasteiger partial charge in [0.1, 0.15) is 0 Å². The lowest BCUT2D eigenvalue weighted by molar-refractivity contribution is -0.126. The molecule has 1 aromatic carbocycles. The molecule has 2 aromatic rings. The molecule has 3 rings (SSSR count). The molecule has 132 valence electrons. The van der Waals surface area contributed by atoms with Crippen molar-refractivity contribution in [3.05, 3.63) is 59.9 Å². The van der Waals surface area contributed by atoms with E-state index in [0.717, 1.165) is 29.7 Å². The van der Waals surface area contributed by atoms with E-state index in [9.17, 15) is 0 Å². The Labute approximate surface area is 148 Å². The van der Waals surface area contributed by atoms with Crippen LogP contribution in [-0.4, -0.2) is 32.1 Å². The smallest absolute Gasteiger partial charge is 0.161 e. The summed E-state index contributed by atoms with van der Waals surface area (Å²) < 4.78 is 22.4. The highest BCUT2D eigenvalue weighted by Gasteiger charge is 2.27. The number of ether oxygens (including phenoxy) is 4. The van der Waals surface area contributed by atoms with Crippen molar-refractivity contribution < 1.29 is 18.9 Å². The Balaban J connectivity index is 1.51. The van der Waals surface area contributed by atoms with Gasteiger partial charge in [-0.2, -0.15) is 0 Å². The first-order valence-electron chi connectivity index (χ1n) is 8.35. The maximum absolute atomic E-state index is 6.01. The zero-order valence-electron chi connectivity index (χ0n) is 14.6. The number of hydrogen-bond donors (Lipinski definition) is 0. The van der Waals surface area contributed by atoms with Gasteiger partial charge in [-0.15, -0.1) is 0 Å². The van der Waals surface area contributed by atoms with Crippen LogP contribution in [0.2, 0.25) is 0 Å². The van der Waals surface area contributed by atoms with Crippen molar-refractivity contribution in [3.8, 4) is 11.5 Å². The minimum atomic E-state index is -0.184. The Bertz CT molecular complexity index is 702. The zero-order chi connectivity index (χ0) is 17.5. The lowest BCUT2D eigenvalue weighted by Gasteiger charge is -2.15. The molecule has 1 saturated heterocycles. The van der Waals surface area contributed by atoms with E-state index in [1.54, 1.807) is 20.4 Å². The van der Waals surface area contributed by atoms with Gasteiger partial charge in [0.15, 0.2) is 17.8 Å². The molecule has 2 atom stereocenters. The van der Waals surface area contributed by atoms with E-state index in [2.05, 4.69) is 4.98 Å². The third-order valence-electron chi connectivity index (χ3n) is 4.13. The van der Waals surface area contributed by atoms with E-state index in [-0.39, 0.29) is 12.4 Å². The van der Waals surface area contributed by atoms with E-state index in [4.69, 9.17) is 18.9 Å². The number of pyridine rings is 1. The topological polar surface area (TPSA) is 49.8 Å². The van der Waals surface area contributed by atoms with E-state index in [1.165, 1.54) is 0 Å². The summed E-state index contributed by atoms with van der Waals surface area (Å²) >= 11 is 0. The predicted molar refractivity (Wildman–Crippen MR) is 95.6 cm³/mol. The zero-order valence-corrected chi connectivity index (χ0v) is 14.6. The number of hydrogen-bond acceptors (Lipinski definition) is 5. The van der Waals surface area contributed by atoms with Crippen LogP contribution in [0.4, 0.5) is 0 Å². The van der Waals surface area contributed by atoms with Crippen LogP contribution in [0.5, 0.6) is 11.5 Å². The second-order valence-electron chi connectivity index (χ2n) is 5.77.